The van der Waals surface area contributed by atoms with Crippen LogP contribution in [0.15, 0.2) is 22.7 Å². The van der Waals surface area contributed by atoms with Crippen molar-refractivity contribution in [2.24, 2.45) is 0 Å². The molecule has 19 heavy (non-hydrogen) atoms. The molecule has 0 saturated heterocycles. The number of carbonyl (C=O) groups excluding carboxylic acids is 1. The van der Waals surface area contributed by atoms with E-state index < -0.39 is 5.54 Å². The molecule has 4 heteroatoms. The third-order valence-electron chi connectivity index (χ3n) is 3.89. The lowest BCUT2D eigenvalue weighted by atomic mass is 9.83. The van der Waals surface area contributed by atoms with Crippen LogP contribution in [0, 0.1) is 5.82 Å². The van der Waals surface area contributed by atoms with E-state index in [9.17, 15) is 9.18 Å². The fraction of sp³-hybridized carbons (Fsp3) is 0.533. The Bertz CT molecular complexity index is 455. The van der Waals surface area contributed by atoms with Gasteiger partial charge in [-0.15, -0.1) is 0 Å². The van der Waals surface area contributed by atoms with Crippen LogP contribution < -0.4 is 0 Å². The van der Waals surface area contributed by atoms with Gasteiger partial charge in [0.05, 0.1) is 10.0 Å². The minimum Gasteiger partial charge on any atom is -0.297 e. The highest BCUT2D eigenvalue weighted by molar-refractivity contribution is 9.10. The van der Waals surface area contributed by atoms with Gasteiger partial charge >= 0.3 is 0 Å². The Morgan fingerprint density at radius 2 is 1.89 bits per heavy atom. The van der Waals surface area contributed by atoms with E-state index >= 15 is 0 Å². The molecule has 0 N–H and O–H groups in total. The third kappa shape index (κ3) is 3.42. The molecule has 2 nitrogen and oxygen atoms in total. The molecular formula is C15H21BrFNO. The van der Waals surface area contributed by atoms with E-state index in [-0.39, 0.29) is 11.6 Å². The zero-order valence-electron chi connectivity index (χ0n) is 12.0. The van der Waals surface area contributed by atoms with Gasteiger partial charge in [-0.25, -0.2) is 4.39 Å². The number of benzene rings is 1. The smallest absolute Gasteiger partial charge is 0.157 e. The molecule has 0 saturated carbocycles. The van der Waals surface area contributed by atoms with Crippen LogP contribution in [-0.2, 0) is 11.2 Å². The van der Waals surface area contributed by atoms with Gasteiger partial charge < -0.3 is 0 Å². The zero-order valence-corrected chi connectivity index (χ0v) is 13.6. The normalized spacial score (nSPS) is 11.9. The summed E-state index contributed by atoms with van der Waals surface area (Å²) in [6.45, 7) is 4.06. The molecule has 0 aliphatic heterocycles. The highest BCUT2D eigenvalue weighted by atomic mass is 79.9. The zero-order chi connectivity index (χ0) is 14.6. The monoisotopic (exact) mass is 329 g/mol. The standard InChI is InChI=1S/C15H21BrFNO/c1-5-15(6-2,18(3)4)14(19)10-11-7-8-13(17)12(16)9-11/h7-9H,5-6,10H2,1-4H3. The van der Waals surface area contributed by atoms with Crippen LogP contribution in [0.25, 0.3) is 0 Å². The summed E-state index contributed by atoms with van der Waals surface area (Å²) < 4.78 is 13.6. The average Bonchev–Trinajstić information content (AvgIpc) is 2.35. The fourth-order valence-corrected chi connectivity index (χ4v) is 2.95. The van der Waals surface area contributed by atoms with Crippen LogP contribution in [0.4, 0.5) is 4.39 Å². The highest BCUT2D eigenvalue weighted by Gasteiger charge is 2.36. The van der Waals surface area contributed by atoms with Crippen molar-refractivity contribution in [3.05, 3.63) is 34.1 Å². The van der Waals surface area contributed by atoms with Crippen molar-refractivity contribution in [1.82, 2.24) is 4.90 Å². The van der Waals surface area contributed by atoms with Gasteiger partial charge in [0.25, 0.3) is 0 Å². The third-order valence-corrected chi connectivity index (χ3v) is 4.50. The Labute approximate surface area is 123 Å². The summed E-state index contributed by atoms with van der Waals surface area (Å²) in [6.07, 6.45) is 1.88. The van der Waals surface area contributed by atoms with E-state index in [0.717, 1.165) is 18.4 Å². The lowest BCUT2D eigenvalue weighted by molar-refractivity contribution is -0.129. The Hall–Kier alpha value is -0.740. The van der Waals surface area contributed by atoms with Crippen molar-refractivity contribution in [3.63, 3.8) is 0 Å². The van der Waals surface area contributed by atoms with E-state index in [1.807, 2.05) is 32.8 Å². The van der Waals surface area contributed by atoms with Gasteiger partial charge in [0, 0.05) is 6.42 Å². The number of halogens is 2. The maximum Gasteiger partial charge on any atom is 0.157 e. The summed E-state index contributed by atoms with van der Waals surface area (Å²) in [5, 5.41) is 0. The molecule has 0 aliphatic carbocycles. The maximum atomic E-state index is 13.2. The summed E-state index contributed by atoms with van der Waals surface area (Å²) in [5.74, 6) is -0.123. The largest absolute Gasteiger partial charge is 0.297 e. The van der Waals surface area contributed by atoms with Crippen molar-refractivity contribution in [1.29, 1.82) is 0 Å². The van der Waals surface area contributed by atoms with E-state index in [0.29, 0.717) is 10.9 Å². The number of likely N-dealkylation sites (N-methyl/N-ethyl adjacent to an activating group) is 1. The number of hydrogen-bond donors (Lipinski definition) is 0. The van der Waals surface area contributed by atoms with Crippen molar-refractivity contribution >= 4 is 21.7 Å². The van der Waals surface area contributed by atoms with E-state index in [1.54, 1.807) is 12.1 Å². The summed E-state index contributed by atoms with van der Waals surface area (Å²) >= 11 is 3.15. The van der Waals surface area contributed by atoms with E-state index in [2.05, 4.69) is 15.9 Å². The quantitative estimate of drug-likeness (QED) is 0.790. The van der Waals surface area contributed by atoms with Gasteiger partial charge in [0.1, 0.15) is 5.82 Å². The van der Waals surface area contributed by atoms with Crippen LogP contribution in [0.2, 0.25) is 0 Å². The molecule has 106 valence electrons. The predicted octanol–water partition coefficient (Wildman–Crippen LogP) is 3.82. The number of nitrogens with zero attached hydrogens (tertiary/aromatic N) is 1. The number of Topliss-reactive ketones (excluding diaryl/α,β-unsaturated/α-hetero) is 1. The first-order valence-corrected chi connectivity index (χ1v) is 7.31. The van der Waals surface area contributed by atoms with Crippen LogP contribution in [0.1, 0.15) is 32.3 Å². The summed E-state index contributed by atoms with van der Waals surface area (Å²) in [4.78, 5) is 14.6. The maximum absolute atomic E-state index is 13.2. The van der Waals surface area contributed by atoms with Crippen molar-refractivity contribution < 1.29 is 9.18 Å². The number of carbonyl (C=O) groups is 1. The molecule has 0 spiro atoms. The molecule has 0 heterocycles. The van der Waals surface area contributed by atoms with Gasteiger partial charge in [-0.3, -0.25) is 9.69 Å². The van der Waals surface area contributed by atoms with E-state index in [4.69, 9.17) is 0 Å². The Kier molecular flexibility index (Phi) is 5.68. The van der Waals surface area contributed by atoms with Gasteiger partial charge in [0.2, 0.25) is 0 Å². The summed E-state index contributed by atoms with van der Waals surface area (Å²) in [5.41, 5.74) is 0.410. The van der Waals surface area contributed by atoms with Gasteiger partial charge in [-0.2, -0.15) is 0 Å². The molecule has 0 atom stereocenters. The summed E-state index contributed by atoms with van der Waals surface area (Å²) in [6, 6.07) is 4.74. The van der Waals surface area contributed by atoms with Gasteiger partial charge in [-0.1, -0.05) is 19.9 Å². The van der Waals surface area contributed by atoms with Gasteiger partial charge in [-0.05, 0) is 60.6 Å². The molecule has 0 unspecified atom stereocenters. The average molecular weight is 330 g/mol. The molecule has 0 aliphatic rings. The topological polar surface area (TPSA) is 20.3 Å². The Morgan fingerprint density at radius 1 is 1.32 bits per heavy atom. The molecule has 0 amide bonds. The van der Waals surface area contributed by atoms with Crippen molar-refractivity contribution in [2.75, 3.05) is 14.1 Å². The first-order chi connectivity index (χ1) is 8.87. The highest BCUT2D eigenvalue weighted by Crippen LogP contribution is 2.25. The molecule has 1 aromatic rings. The molecule has 1 rings (SSSR count). The second-order valence-corrected chi connectivity index (χ2v) is 5.84. The number of hydrogen-bond acceptors (Lipinski definition) is 2. The predicted molar refractivity (Wildman–Crippen MR) is 79.8 cm³/mol. The van der Waals surface area contributed by atoms with Crippen LogP contribution in [0.5, 0.6) is 0 Å². The SMILES string of the molecule is CCC(CC)(C(=O)Cc1ccc(F)c(Br)c1)N(C)C. The van der Waals surface area contributed by atoms with Crippen molar-refractivity contribution in [3.8, 4) is 0 Å². The minimum atomic E-state index is -0.430. The molecule has 1 aromatic carbocycles. The number of ketones is 1. The lowest BCUT2D eigenvalue weighted by Crippen LogP contribution is -2.50. The minimum absolute atomic E-state index is 0.181. The van der Waals surface area contributed by atoms with Crippen LogP contribution in [-0.4, -0.2) is 30.3 Å². The molecular weight excluding hydrogens is 309 g/mol. The Balaban J connectivity index is 2.97. The number of rotatable bonds is 6. The summed E-state index contributed by atoms with van der Waals surface area (Å²) in [7, 11) is 3.87. The Morgan fingerprint density at radius 3 is 2.32 bits per heavy atom. The molecule has 0 fully saturated rings. The molecule has 0 bridgehead atoms. The van der Waals surface area contributed by atoms with Gasteiger partial charge in [0.15, 0.2) is 5.78 Å². The first kappa shape index (κ1) is 16.3. The second-order valence-electron chi connectivity index (χ2n) is 4.98. The molecule has 0 aromatic heterocycles. The van der Waals surface area contributed by atoms with Crippen LogP contribution in [0.3, 0.4) is 0 Å². The van der Waals surface area contributed by atoms with E-state index in [1.165, 1.54) is 6.07 Å². The molecule has 0 radical (unpaired) electrons. The fourth-order valence-electron chi connectivity index (χ4n) is 2.53. The van der Waals surface area contributed by atoms with Crippen molar-refractivity contribution in [2.45, 2.75) is 38.6 Å². The first-order valence-electron chi connectivity index (χ1n) is 6.52. The van der Waals surface area contributed by atoms with Crippen LogP contribution >= 0.6 is 15.9 Å². The lowest BCUT2D eigenvalue weighted by Gasteiger charge is -2.37. The second kappa shape index (κ2) is 6.62.